The van der Waals surface area contributed by atoms with E-state index in [2.05, 4.69) is 15.6 Å². The van der Waals surface area contributed by atoms with Crippen LogP contribution in [-0.4, -0.2) is 78.3 Å². The Morgan fingerprint density at radius 2 is 1.97 bits per heavy atom. The van der Waals surface area contributed by atoms with Gasteiger partial charge in [-0.2, -0.15) is 0 Å². The van der Waals surface area contributed by atoms with Gasteiger partial charge >= 0.3 is 5.97 Å². The van der Waals surface area contributed by atoms with Crippen LogP contribution in [-0.2, 0) is 14.3 Å². The molecule has 1 aliphatic heterocycles. The van der Waals surface area contributed by atoms with Crippen molar-refractivity contribution in [3.8, 4) is 11.3 Å². The molecule has 2 heterocycles. The van der Waals surface area contributed by atoms with Gasteiger partial charge in [-0.1, -0.05) is 35.5 Å². The van der Waals surface area contributed by atoms with Gasteiger partial charge in [0.05, 0.1) is 24.5 Å². The lowest BCUT2D eigenvalue weighted by Crippen LogP contribution is -2.58. The topological polar surface area (TPSA) is 167 Å². The van der Waals surface area contributed by atoms with E-state index in [9.17, 15) is 30.0 Å². The van der Waals surface area contributed by atoms with E-state index < -0.39 is 54.6 Å². The van der Waals surface area contributed by atoms with Crippen molar-refractivity contribution in [2.45, 2.75) is 37.3 Å². The van der Waals surface area contributed by atoms with Gasteiger partial charge in [-0.15, -0.1) is 5.10 Å². The van der Waals surface area contributed by atoms with Crippen LogP contribution in [0.15, 0.2) is 48.4 Å². The SMILES string of the molecule is CC(=O)N[C@H]1[C@H]([C@H](O)C(O)CO)OC(C(=O)O)=C[C@@H]1n1nncc1-c1ccccc1. The number of nitrogens with one attached hydrogen (secondary N) is 1. The summed E-state index contributed by atoms with van der Waals surface area (Å²) in [6.45, 7) is 0.460. The van der Waals surface area contributed by atoms with Crippen LogP contribution in [0.4, 0.5) is 0 Å². The second-order valence-corrected chi connectivity index (χ2v) is 6.81. The summed E-state index contributed by atoms with van der Waals surface area (Å²) < 4.78 is 6.79. The van der Waals surface area contributed by atoms with E-state index in [1.807, 2.05) is 30.3 Å². The van der Waals surface area contributed by atoms with Crippen molar-refractivity contribution in [2.75, 3.05) is 6.61 Å². The fraction of sp³-hybridized carbons (Fsp3) is 0.368. The largest absolute Gasteiger partial charge is 0.478 e. The Morgan fingerprint density at radius 3 is 2.57 bits per heavy atom. The molecular formula is C19H22N4O7. The molecule has 0 fully saturated rings. The van der Waals surface area contributed by atoms with E-state index in [0.29, 0.717) is 5.69 Å². The molecule has 11 nitrogen and oxygen atoms in total. The third kappa shape index (κ3) is 4.32. The van der Waals surface area contributed by atoms with Crippen LogP contribution < -0.4 is 5.32 Å². The number of carboxylic acids is 1. The highest BCUT2D eigenvalue weighted by molar-refractivity contribution is 5.84. The number of benzene rings is 1. The number of hydrogen-bond acceptors (Lipinski definition) is 8. The maximum absolute atomic E-state index is 11.9. The normalized spacial score (nSPS) is 23.1. The first-order valence-corrected chi connectivity index (χ1v) is 9.15. The Morgan fingerprint density at radius 1 is 1.27 bits per heavy atom. The van der Waals surface area contributed by atoms with Gasteiger partial charge in [-0.25, -0.2) is 9.48 Å². The molecule has 1 aromatic carbocycles. The molecule has 2 aromatic rings. The van der Waals surface area contributed by atoms with Crippen molar-refractivity contribution in [2.24, 2.45) is 0 Å². The third-order valence-corrected chi connectivity index (χ3v) is 4.73. The summed E-state index contributed by atoms with van der Waals surface area (Å²) in [6.07, 6.45) is -1.97. The molecule has 1 aromatic heterocycles. The molecule has 1 unspecified atom stereocenters. The summed E-state index contributed by atoms with van der Waals surface area (Å²) in [4.78, 5) is 23.5. The van der Waals surface area contributed by atoms with Crippen LogP contribution in [0.5, 0.6) is 0 Å². The highest BCUT2D eigenvalue weighted by Crippen LogP contribution is 2.32. The first kappa shape index (κ1) is 21.4. The number of carbonyl (C=O) groups is 2. The van der Waals surface area contributed by atoms with Crippen molar-refractivity contribution in [3.63, 3.8) is 0 Å². The molecule has 0 spiro atoms. The Balaban J connectivity index is 2.12. The van der Waals surface area contributed by atoms with Crippen LogP contribution >= 0.6 is 0 Å². The van der Waals surface area contributed by atoms with E-state index in [4.69, 9.17) is 4.74 Å². The lowest BCUT2D eigenvalue weighted by Gasteiger charge is -2.40. The van der Waals surface area contributed by atoms with Gasteiger partial charge in [0.25, 0.3) is 0 Å². The lowest BCUT2D eigenvalue weighted by molar-refractivity contribution is -0.147. The molecule has 0 saturated heterocycles. The lowest BCUT2D eigenvalue weighted by atomic mass is 9.91. The van der Waals surface area contributed by atoms with Gasteiger partial charge < -0.3 is 30.5 Å². The van der Waals surface area contributed by atoms with E-state index in [0.717, 1.165) is 5.56 Å². The molecular weight excluding hydrogens is 396 g/mol. The number of aliphatic hydroxyl groups excluding tert-OH is 3. The summed E-state index contributed by atoms with van der Waals surface area (Å²) in [5, 5.41) is 49.7. The molecule has 0 bridgehead atoms. The van der Waals surface area contributed by atoms with Gasteiger partial charge in [-0.05, 0) is 6.08 Å². The van der Waals surface area contributed by atoms with Gasteiger partial charge in [0, 0.05) is 12.5 Å². The molecule has 5 atom stereocenters. The monoisotopic (exact) mass is 418 g/mol. The standard InChI is InChI=1S/C19H22N4O7/c1-10(25)21-16-12(23-13(8-20-22-23)11-5-3-2-4-6-11)7-15(19(28)29)30-18(16)17(27)14(26)9-24/h2-8,12,14,16-18,24,26-27H,9H2,1H3,(H,21,25)(H,28,29)/t12-,14?,16+,17+,18+/m0/s1. The second-order valence-electron chi connectivity index (χ2n) is 6.81. The molecule has 11 heteroatoms. The van der Waals surface area contributed by atoms with Crippen LogP contribution in [0.1, 0.15) is 13.0 Å². The van der Waals surface area contributed by atoms with Crippen molar-refractivity contribution in [1.29, 1.82) is 0 Å². The summed E-state index contributed by atoms with van der Waals surface area (Å²) in [6, 6.07) is 7.13. The second kappa shape index (κ2) is 9.03. The zero-order chi connectivity index (χ0) is 21.8. The van der Waals surface area contributed by atoms with Gasteiger partial charge in [-0.3, -0.25) is 4.79 Å². The maximum atomic E-state index is 11.9. The third-order valence-electron chi connectivity index (χ3n) is 4.73. The minimum atomic E-state index is -1.69. The summed E-state index contributed by atoms with van der Waals surface area (Å²) in [5.41, 5.74) is 1.28. The fourth-order valence-corrected chi connectivity index (χ4v) is 3.35. The van der Waals surface area contributed by atoms with Gasteiger partial charge in [0.15, 0.2) is 0 Å². The van der Waals surface area contributed by atoms with Crippen molar-refractivity contribution >= 4 is 11.9 Å². The molecule has 1 amide bonds. The van der Waals surface area contributed by atoms with E-state index in [-0.39, 0.29) is 0 Å². The zero-order valence-corrected chi connectivity index (χ0v) is 16.0. The Bertz CT molecular complexity index is 930. The average Bonchev–Trinajstić information content (AvgIpc) is 3.22. The van der Waals surface area contributed by atoms with E-state index >= 15 is 0 Å². The first-order chi connectivity index (χ1) is 14.3. The van der Waals surface area contributed by atoms with Crippen LogP contribution in [0, 0.1) is 0 Å². The minimum Gasteiger partial charge on any atom is -0.478 e. The van der Waals surface area contributed by atoms with E-state index in [1.54, 1.807) is 0 Å². The molecule has 1 aliphatic rings. The average molecular weight is 418 g/mol. The fourth-order valence-electron chi connectivity index (χ4n) is 3.35. The number of carboxylic acid groups (broad SMARTS) is 1. The molecule has 0 aliphatic carbocycles. The van der Waals surface area contributed by atoms with Crippen LogP contribution in [0.25, 0.3) is 11.3 Å². The zero-order valence-electron chi connectivity index (χ0n) is 16.0. The summed E-state index contributed by atoms with van der Waals surface area (Å²) in [7, 11) is 0. The molecule has 30 heavy (non-hydrogen) atoms. The Labute approximate surface area is 171 Å². The Kier molecular flexibility index (Phi) is 6.45. The van der Waals surface area contributed by atoms with Crippen molar-refractivity contribution in [1.82, 2.24) is 20.3 Å². The number of rotatable bonds is 7. The number of aromatic nitrogens is 3. The number of nitrogens with zero attached hydrogens (tertiary/aromatic N) is 3. The predicted molar refractivity (Wildman–Crippen MR) is 102 cm³/mol. The first-order valence-electron chi connectivity index (χ1n) is 9.15. The highest BCUT2D eigenvalue weighted by Gasteiger charge is 2.45. The van der Waals surface area contributed by atoms with Crippen LogP contribution in [0.3, 0.4) is 0 Å². The quantitative estimate of drug-likeness (QED) is 0.382. The molecule has 160 valence electrons. The maximum Gasteiger partial charge on any atom is 0.370 e. The number of amides is 1. The van der Waals surface area contributed by atoms with Gasteiger partial charge in [0.1, 0.15) is 24.4 Å². The number of carbonyl (C=O) groups excluding carboxylic acids is 1. The number of ether oxygens (including phenoxy) is 1. The predicted octanol–water partition coefficient (Wildman–Crippen LogP) is -0.928. The van der Waals surface area contributed by atoms with Crippen LogP contribution in [0.2, 0.25) is 0 Å². The smallest absolute Gasteiger partial charge is 0.370 e. The molecule has 0 radical (unpaired) electrons. The number of hydrogen-bond donors (Lipinski definition) is 5. The van der Waals surface area contributed by atoms with Crippen molar-refractivity contribution < 1.29 is 34.8 Å². The molecule has 3 rings (SSSR count). The summed E-state index contributed by atoms with van der Waals surface area (Å²) in [5.74, 6) is -2.37. The molecule has 5 N–H and O–H groups in total. The highest BCUT2D eigenvalue weighted by atomic mass is 16.5. The minimum absolute atomic E-state index is 0.474. The van der Waals surface area contributed by atoms with Gasteiger partial charge in [0.2, 0.25) is 11.7 Å². The molecule has 0 saturated carbocycles. The summed E-state index contributed by atoms with van der Waals surface area (Å²) >= 11 is 0. The Hall–Kier alpha value is -3.28. The van der Waals surface area contributed by atoms with E-state index in [1.165, 1.54) is 23.9 Å². The number of aliphatic hydroxyl groups is 3. The van der Waals surface area contributed by atoms with Crippen molar-refractivity contribution in [3.05, 3.63) is 48.4 Å². The number of aliphatic carboxylic acids is 1.